The maximum Gasteiger partial charge on any atom is 0.314 e. The summed E-state index contributed by atoms with van der Waals surface area (Å²) < 4.78 is 5.14. The molecule has 22 heavy (non-hydrogen) atoms. The van der Waals surface area contributed by atoms with Crippen LogP contribution in [0.1, 0.15) is 38.2 Å². The fraction of sp³-hybridized carbons (Fsp3) is 0.471. The standard InChI is InChI=1S/C17H22N2O3/c1-3-13(2)16(14-8-5-4-6-9-14)17(21)22-12-15(20)19-11-7-10-18/h4-6,8-9,13,16H,3,7,11-12H2,1-2H3,(H,19,20)/t13-,16-/m0/s1. The number of esters is 1. The average Bonchev–Trinajstić information content (AvgIpc) is 2.54. The summed E-state index contributed by atoms with van der Waals surface area (Å²) in [6.07, 6.45) is 1.07. The van der Waals surface area contributed by atoms with Gasteiger partial charge >= 0.3 is 5.97 Å². The van der Waals surface area contributed by atoms with Gasteiger partial charge in [-0.25, -0.2) is 0 Å². The number of hydrogen-bond donors (Lipinski definition) is 1. The summed E-state index contributed by atoms with van der Waals surface area (Å²) in [5.41, 5.74) is 0.895. The molecule has 118 valence electrons. The highest BCUT2D eigenvalue weighted by Gasteiger charge is 2.27. The van der Waals surface area contributed by atoms with E-state index < -0.39 is 5.97 Å². The van der Waals surface area contributed by atoms with Crippen LogP contribution in [0.5, 0.6) is 0 Å². The molecule has 0 fully saturated rings. The molecule has 0 aromatic heterocycles. The molecule has 0 radical (unpaired) electrons. The normalized spacial score (nSPS) is 12.8. The SMILES string of the molecule is CC[C@H](C)[C@H](C(=O)OCC(=O)NCCC#N)c1ccccc1. The van der Waals surface area contributed by atoms with Crippen LogP contribution in [-0.2, 0) is 14.3 Å². The van der Waals surface area contributed by atoms with Crippen molar-refractivity contribution in [3.8, 4) is 6.07 Å². The van der Waals surface area contributed by atoms with E-state index in [0.717, 1.165) is 12.0 Å². The van der Waals surface area contributed by atoms with E-state index >= 15 is 0 Å². The van der Waals surface area contributed by atoms with Gasteiger partial charge in [0.25, 0.3) is 5.91 Å². The van der Waals surface area contributed by atoms with Gasteiger partial charge < -0.3 is 10.1 Å². The fourth-order valence-corrected chi connectivity index (χ4v) is 2.13. The van der Waals surface area contributed by atoms with E-state index in [0.29, 0.717) is 0 Å². The summed E-state index contributed by atoms with van der Waals surface area (Å²) in [6.45, 7) is 3.96. The number of nitriles is 1. The number of benzene rings is 1. The molecule has 1 aromatic carbocycles. The zero-order valence-electron chi connectivity index (χ0n) is 13.0. The van der Waals surface area contributed by atoms with E-state index in [9.17, 15) is 9.59 Å². The lowest BCUT2D eigenvalue weighted by molar-refractivity contribution is -0.151. The quantitative estimate of drug-likeness (QED) is 0.590. The van der Waals surface area contributed by atoms with Crippen LogP contribution >= 0.6 is 0 Å². The summed E-state index contributed by atoms with van der Waals surface area (Å²) in [4.78, 5) is 23.8. The zero-order valence-corrected chi connectivity index (χ0v) is 13.0. The van der Waals surface area contributed by atoms with Crippen molar-refractivity contribution in [2.24, 2.45) is 5.92 Å². The second-order valence-electron chi connectivity index (χ2n) is 5.14. The minimum atomic E-state index is -0.393. The first kappa shape index (κ1) is 17.7. The van der Waals surface area contributed by atoms with Crippen molar-refractivity contribution in [1.29, 1.82) is 5.26 Å². The van der Waals surface area contributed by atoms with Crippen molar-refractivity contribution in [3.63, 3.8) is 0 Å². The van der Waals surface area contributed by atoms with Crippen LogP contribution in [0.2, 0.25) is 0 Å². The first-order valence-corrected chi connectivity index (χ1v) is 7.45. The molecule has 0 saturated carbocycles. The summed E-state index contributed by atoms with van der Waals surface area (Å²) in [5.74, 6) is -1.04. The number of nitrogens with zero attached hydrogens (tertiary/aromatic N) is 1. The molecule has 2 atom stereocenters. The number of rotatable bonds is 8. The van der Waals surface area contributed by atoms with Crippen LogP contribution in [0.3, 0.4) is 0 Å². The van der Waals surface area contributed by atoms with E-state index in [2.05, 4.69) is 5.32 Å². The largest absolute Gasteiger partial charge is 0.455 e. The van der Waals surface area contributed by atoms with Crippen LogP contribution in [-0.4, -0.2) is 25.0 Å². The predicted octanol–water partition coefficient (Wildman–Crippen LogP) is 2.39. The Morgan fingerprint density at radius 3 is 2.59 bits per heavy atom. The molecule has 1 amide bonds. The molecule has 0 unspecified atom stereocenters. The molecule has 1 aromatic rings. The fourth-order valence-electron chi connectivity index (χ4n) is 2.13. The Labute approximate surface area is 131 Å². The molecule has 0 aliphatic carbocycles. The monoisotopic (exact) mass is 302 g/mol. The summed E-state index contributed by atoms with van der Waals surface area (Å²) in [7, 11) is 0. The van der Waals surface area contributed by atoms with E-state index in [1.54, 1.807) is 0 Å². The molecule has 0 spiro atoms. The lowest BCUT2D eigenvalue weighted by Gasteiger charge is -2.21. The number of nitrogens with one attached hydrogen (secondary N) is 1. The molecule has 5 nitrogen and oxygen atoms in total. The number of amides is 1. The summed E-state index contributed by atoms with van der Waals surface area (Å²) >= 11 is 0. The van der Waals surface area contributed by atoms with Crippen molar-refractivity contribution in [3.05, 3.63) is 35.9 Å². The molecular weight excluding hydrogens is 280 g/mol. The van der Waals surface area contributed by atoms with Crippen LogP contribution < -0.4 is 5.32 Å². The minimum absolute atomic E-state index is 0.122. The van der Waals surface area contributed by atoms with E-state index in [-0.39, 0.29) is 37.3 Å². The maximum absolute atomic E-state index is 12.3. The molecule has 1 N–H and O–H groups in total. The minimum Gasteiger partial charge on any atom is -0.455 e. The van der Waals surface area contributed by atoms with Gasteiger partial charge in [-0.2, -0.15) is 5.26 Å². The Hall–Kier alpha value is -2.35. The Morgan fingerprint density at radius 2 is 2.00 bits per heavy atom. The second kappa shape index (κ2) is 9.56. The first-order valence-electron chi connectivity index (χ1n) is 7.45. The lowest BCUT2D eigenvalue weighted by Crippen LogP contribution is -2.31. The first-order chi connectivity index (χ1) is 10.6. The Kier molecular flexibility index (Phi) is 7.69. The van der Waals surface area contributed by atoms with Gasteiger partial charge in [0, 0.05) is 6.54 Å². The molecular formula is C17H22N2O3. The second-order valence-corrected chi connectivity index (χ2v) is 5.14. The van der Waals surface area contributed by atoms with Gasteiger partial charge in [0.1, 0.15) is 0 Å². The van der Waals surface area contributed by atoms with Crippen LogP contribution in [0.4, 0.5) is 0 Å². The van der Waals surface area contributed by atoms with Gasteiger partial charge in [0.05, 0.1) is 18.4 Å². The third-order valence-electron chi connectivity index (χ3n) is 3.53. The van der Waals surface area contributed by atoms with Crippen molar-refractivity contribution >= 4 is 11.9 Å². The van der Waals surface area contributed by atoms with Gasteiger partial charge in [-0.1, -0.05) is 50.6 Å². The molecule has 0 aliphatic rings. The van der Waals surface area contributed by atoms with Crippen LogP contribution in [0, 0.1) is 17.2 Å². The zero-order chi connectivity index (χ0) is 16.4. The summed E-state index contributed by atoms with van der Waals surface area (Å²) in [6, 6.07) is 11.4. The highest BCUT2D eigenvalue weighted by molar-refractivity contribution is 5.83. The third kappa shape index (κ3) is 5.57. The molecule has 0 heterocycles. The van der Waals surface area contributed by atoms with Gasteiger partial charge in [0.2, 0.25) is 0 Å². The topological polar surface area (TPSA) is 79.2 Å². The Bertz CT molecular complexity index is 522. The van der Waals surface area contributed by atoms with E-state index in [4.69, 9.17) is 10.00 Å². The Morgan fingerprint density at radius 1 is 1.32 bits per heavy atom. The number of ether oxygens (including phenoxy) is 1. The average molecular weight is 302 g/mol. The van der Waals surface area contributed by atoms with Crippen LogP contribution in [0.25, 0.3) is 0 Å². The van der Waals surface area contributed by atoms with Gasteiger partial charge in [-0.05, 0) is 11.5 Å². The smallest absolute Gasteiger partial charge is 0.314 e. The molecule has 0 aliphatic heterocycles. The number of carbonyl (C=O) groups is 2. The molecule has 0 bridgehead atoms. The van der Waals surface area contributed by atoms with Crippen LogP contribution in [0.15, 0.2) is 30.3 Å². The molecule has 5 heteroatoms. The highest BCUT2D eigenvalue weighted by atomic mass is 16.5. The van der Waals surface area contributed by atoms with Crippen molar-refractivity contribution in [2.75, 3.05) is 13.2 Å². The lowest BCUT2D eigenvalue weighted by atomic mass is 9.86. The highest BCUT2D eigenvalue weighted by Crippen LogP contribution is 2.28. The predicted molar refractivity (Wildman–Crippen MR) is 82.8 cm³/mol. The van der Waals surface area contributed by atoms with Crippen molar-refractivity contribution in [2.45, 2.75) is 32.6 Å². The Balaban J connectivity index is 2.62. The van der Waals surface area contributed by atoms with Crippen molar-refractivity contribution < 1.29 is 14.3 Å². The molecule has 1 rings (SSSR count). The number of carbonyl (C=O) groups excluding carboxylic acids is 2. The maximum atomic E-state index is 12.3. The number of hydrogen-bond acceptors (Lipinski definition) is 4. The van der Waals surface area contributed by atoms with E-state index in [1.807, 2.05) is 50.2 Å². The third-order valence-corrected chi connectivity index (χ3v) is 3.53. The van der Waals surface area contributed by atoms with E-state index in [1.165, 1.54) is 0 Å². The van der Waals surface area contributed by atoms with Gasteiger partial charge in [-0.3, -0.25) is 9.59 Å². The van der Waals surface area contributed by atoms with Gasteiger partial charge in [-0.15, -0.1) is 0 Å². The summed E-state index contributed by atoms with van der Waals surface area (Å²) in [5, 5.41) is 10.9. The molecule has 0 saturated heterocycles. The van der Waals surface area contributed by atoms with Gasteiger partial charge in [0.15, 0.2) is 6.61 Å². The van der Waals surface area contributed by atoms with Crippen molar-refractivity contribution in [1.82, 2.24) is 5.32 Å².